The Morgan fingerprint density at radius 3 is 2.57 bits per heavy atom. The lowest BCUT2D eigenvalue weighted by Crippen LogP contribution is -2.33. The minimum atomic E-state index is -0.924. The molecule has 0 radical (unpaired) electrons. The molecule has 0 unspecified atom stereocenters. The number of carboxylic acid groups (broad SMARTS) is 1. The van der Waals surface area contributed by atoms with Crippen molar-refractivity contribution in [2.75, 3.05) is 0 Å². The van der Waals surface area contributed by atoms with Crippen LogP contribution in [0.5, 0.6) is 0 Å². The second-order valence-electron chi connectivity index (χ2n) is 3.68. The van der Waals surface area contributed by atoms with E-state index in [-0.39, 0.29) is 0 Å². The Morgan fingerprint density at radius 2 is 2.14 bits per heavy atom. The number of aromatic amines is 1. The molecule has 2 rings (SSSR count). The number of carbonyl (C=O) groups is 1. The Hall–Kier alpha value is -1.52. The predicted octanol–water partition coefficient (Wildman–Crippen LogP) is 0.864. The maximum Gasteiger partial charge on any atom is 0.357 e. The predicted molar refractivity (Wildman–Crippen MR) is 47.1 cm³/mol. The monoisotopic (exact) mass is 197 g/mol. The van der Waals surface area contributed by atoms with Gasteiger partial charge in [0.05, 0.1) is 5.69 Å². The third kappa shape index (κ3) is 1.16. The zero-order valence-corrected chi connectivity index (χ0v) is 7.58. The van der Waals surface area contributed by atoms with Crippen molar-refractivity contribution in [2.24, 2.45) is 0 Å². The van der Waals surface area contributed by atoms with Crippen molar-refractivity contribution < 1.29 is 14.4 Å². The fourth-order valence-electron chi connectivity index (χ4n) is 2.09. The fraction of sp³-hybridized carbons (Fsp3) is 0.556. The lowest BCUT2D eigenvalue weighted by atomic mass is 9.83. The Bertz CT molecular complexity index is 397. The summed E-state index contributed by atoms with van der Waals surface area (Å²) in [6, 6.07) is 1.24. The minimum absolute atomic E-state index is 0.396. The average Bonchev–Trinajstić information content (AvgIpc) is 2.71. The van der Waals surface area contributed by atoms with Gasteiger partial charge < -0.3 is 9.63 Å². The first kappa shape index (κ1) is 9.05. The highest BCUT2D eigenvalue weighted by molar-refractivity contribution is 5.81. The van der Waals surface area contributed by atoms with Crippen LogP contribution in [0, 0.1) is 0 Å². The number of H-pyrrole nitrogens is 1. The third-order valence-electron chi connectivity index (χ3n) is 2.91. The molecule has 5 heteroatoms. The molecule has 1 fully saturated rings. The Kier molecular flexibility index (Phi) is 1.94. The van der Waals surface area contributed by atoms with Crippen LogP contribution >= 0.6 is 0 Å². The molecule has 2 N–H and O–H groups in total. The highest BCUT2D eigenvalue weighted by Crippen LogP contribution is 2.39. The van der Waals surface area contributed by atoms with E-state index in [0.717, 1.165) is 12.8 Å². The van der Waals surface area contributed by atoms with Crippen molar-refractivity contribution in [3.63, 3.8) is 0 Å². The van der Waals surface area contributed by atoms with Crippen LogP contribution in [-0.2, 0) is 10.2 Å². The first-order valence-electron chi connectivity index (χ1n) is 4.57. The lowest BCUT2D eigenvalue weighted by molar-refractivity contribution is -0.143. The second kappa shape index (κ2) is 3.01. The van der Waals surface area contributed by atoms with Crippen molar-refractivity contribution in [2.45, 2.75) is 31.1 Å². The Morgan fingerprint density at radius 1 is 1.50 bits per heavy atom. The van der Waals surface area contributed by atoms with Crippen molar-refractivity contribution >= 4 is 5.97 Å². The molecule has 1 heterocycles. The van der Waals surface area contributed by atoms with Crippen LogP contribution in [0.15, 0.2) is 15.4 Å². The molecule has 0 atom stereocenters. The van der Waals surface area contributed by atoms with Crippen LogP contribution in [-0.4, -0.2) is 16.2 Å². The van der Waals surface area contributed by atoms with Gasteiger partial charge in [-0.25, -0.2) is 9.95 Å². The van der Waals surface area contributed by atoms with Gasteiger partial charge in [0.1, 0.15) is 5.41 Å². The molecule has 0 amide bonds. The second-order valence-corrected chi connectivity index (χ2v) is 3.68. The van der Waals surface area contributed by atoms with Crippen LogP contribution < -0.4 is 5.63 Å². The fourth-order valence-corrected chi connectivity index (χ4v) is 2.09. The maximum atomic E-state index is 11.2. The van der Waals surface area contributed by atoms with Gasteiger partial charge in [-0.3, -0.25) is 4.79 Å². The summed E-state index contributed by atoms with van der Waals surface area (Å²) in [7, 11) is 0. The van der Waals surface area contributed by atoms with Gasteiger partial charge in [-0.05, 0) is 12.8 Å². The van der Waals surface area contributed by atoms with Gasteiger partial charge >= 0.3 is 11.6 Å². The first-order chi connectivity index (χ1) is 6.65. The number of aliphatic carboxylic acids is 1. The SMILES string of the molecule is O=C(O)C1(c2cc(=O)o[nH]2)CCCC1. The van der Waals surface area contributed by atoms with Gasteiger partial charge in [0.2, 0.25) is 0 Å². The number of aromatic nitrogens is 1. The van der Waals surface area contributed by atoms with Gasteiger partial charge in [0, 0.05) is 6.07 Å². The van der Waals surface area contributed by atoms with Crippen molar-refractivity contribution in [3.8, 4) is 0 Å². The summed E-state index contributed by atoms with van der Waals surface area (Å²) < 4.78 is 4.51. The van der Waals surface area contributed by atoms with Gasteiger partial charge in [-0.1, -0.05) is 12.8 Å². The molecule has 0 aromatic carbocycles. The molecule has 0 saturated heterocycles. The van der Waals surface area contributed by atoms with E-state index in [9.17, 15) is 9.59 Å². The molecule has 0 spiro atoms. The average molecular weight is 197 g/mol. The van der Waals surface area contributed by atoms with Gasteiger partial charge in [-0.15, -0.1) is 0 Å². The van der Waals surface area contributed by atoms with Crippen LogP contribution in [0.25, 0.3) is 0 Å². The zero-order chi connectivity index (χ0) is 10.2. The van der Waals surface area contributed by atoms with E-state index in [4.69, 9.17) is 5.11 Å². The number of nitrogens with one attached hydrogen (secondary N) is 1. The molecule has 1 aliphatic rings. The van der Waals surface area contributed by atoms with E-state index < -0.39 is 17.0 Å². The molecular weight excluding hydrogens is 186 g/mol. The molecule has 1 aromatic heterocycles. The van der Waals surface area contributed by atoms with E-state index in [1.807, 2.05) is 0 Å². The van der Waals surface area contributed by atoms with Crippen LogP contribution in [0.1, 0.15) is 31.4 Å². The number of rotatable bonds is 2. The molecule has 1 aromatic rings. The Balaban J connectivity index is 2.45. The van der Waals surface area contributed by atoms with Crippen LogP contribution in [0.2, 0.25) is 0 Å². The van der Waals surface area contributed by atoms with Gasteiger partial charge in [0.25, 0.3) is 0 Å². The molecule has 5 nitrogen and oxygen atoms in total. The van der Waals surface area contributed by atoms with Gasteiger partial charge in [-0.2, -0.15) is 0 Å². The summed E-state index contributed by atoms with van der Waals surface area (Å²) in [6.45, 7) is 0. The van der Waals surface area contributed by atoms with Gasteiger partial charge in [0.15, 0.2) is 0 Å². The molecule has 14 heavy (non-hydrogen) atoms. The summed E-state index contributed by atoms with van der Waals surface area (Å²) in [6.07, 6.45) is 2.88. The summed E-state index contributed by atoms with van der Waals surface area (Å²) in [5.74, 6) is -0.882. The summed E-state index contributed by atoms with van der Waals surface area (Å²) in [5.41, 5.74) is -1.05. The zero-order valence-electron chi connectivity index (χ0n) is 7.58. The minimum Gasteiger partial charge on any atom is -0.481 e. The third-order valence-corrected chi connectivity index (χ3v) is 2.91. The summed E-state index contributed by atoms with van der Waals surface area (Å²) in [4.78, 5) is 22.0. The largest absolute Gasteiger partial charge is 0.481 e. The molecule has 76 valence electrons. The first-order valence-corrected chi connectivity index (χ1v) is 4.57. The topological polar surface area (TPSA) is 83.3 Å². The number of hydrogen-bond acceptors (Lipinski definition) is 3. The van der Waals surface area contributed by atoms with Crippen molar-refractivity contribution in [1.82, 2.24) is 5.16 Å². The Labute approximate surface area is 79.7 Å². The van der Waals surface area contributed by atoms with E-state index >= 15 is 0 Å². The summed E-state index contributed by atoms with van der Waals surface area (Å²) in [5, 5.41) is 11.6. The van der Waals surface area contributed by atoms with E-state index in [2.05, 4.69) is 9.68 Å². The smallest absolute Gasteiger partial charge is 0.357 e. The number of carboxylic acids is 1. The maximum absolute atomic E-state index is 11.2. The summed E-state index contributed by atoms with van der Waals surface area (Å²) >= 11 is 0. The highest BCUT2D eigenvalue weighted by atomic mass is 16.5. The van der Waals surface area contributed by atoms with Crippen molar-refractivity contribution in [1.29, 1.82) is 0 Å². The highest BCUT2D eigenvalue weighted by Gasteiger charge is 2.44. The number of hydrogen-bond donors (Lipinski definition) is 2. The standard InChI is InChI=1S/C9H11NO4/c11-7-5-6(10-14-7)9(8(12)13)3-1-2-4-9/h5,10H,1-4H2,(H,12,13). The molecule has 0 aliphatic heterocycles. The molecule has 1 saturated carbocycles. The van der Waals surface area contributed by atoms with Crippen LogP contribution in [0.4, 0.5) is 0 Å². The van der Waals surface area contributed by atoms with E-state index in [1.165, 1.54) is 6.07 Å². The van der Waals surface area contributed by atoms with E-state index in [0.29, 0.717) is 18.5 Å². The molecular formula is C9H11NO4. The molecule has 0 bridgehead atoms. The quantitative estimate of drug-likeness (QED) is 0.736. The normalized spacial score (nSPS) is 19.7. The molecule has 1 aliphatic carbocycles. The van der Waals surface area contributed by atoms with Crippen LogP contribution in [0.3, 0.4) is 0 Å². The lowest BCUT2D eigenvalue weighted by Gasteiger charge is -2.20. The van der Waals surface area contributed by atoms with Crippen molar-refractivity contribution in [3.05, 3.63) is 22.2 Å². The van der Waals surface area contributed by atoms with E-state index in [1.54, 1.807) is 0 Å².